The molecule has 40 heavy (non-hydrogen) atoms. The molecule has 0 spiro atoms. The molecule has 0 bridgehead atoms. The number of carbonyl (C=O) groups is 1. The average molecular weight is 631 g/mol. The summed E-state index contributed by atoms with van der Waals surface area (Å²) in [4.78, 5) is 12.9. The van der Waals surface area contributed by atoms with Crippen molar-refractivity contribution in [3.05, 3.63) is 63.1 Å². The molecule has 0 radical (unpaired) electrons. The Bertz CT molecular complexity index is 1300. The Balaban J connectivity index is 0.000000283. The quantitative estimate of drug-likeness (QED) is 0.409. The van der Waals surface area contributed by atoms with Crippen molar-refractivity contribution in [3.63, 3.8) is 0 Å². The van der Waals surface area contributed by atoms with E-state index >= 15 is 0 Å². The molecular formula is C27H34Cl3N5O4S. The summed E-state index contributed by atoms with van der Waals surface area (Å²) in [6.45, 7) is 1.90. The van der Waals surface area contributed by atoms with Crippen LogP contribution >= 0.6 is 34.8 Å². The highest BCUT2D eigenvalue weighted by Crippen LogP contribution is 2.39. The fraction of sp³-hybridized carbons (Fsp3) is 0.481. The van der Waals surface area contributed by atoms with Crippen LogP contribution in [-0.2, 0) is 15.1 Å². The summed E-state index contributed by atoms with van der Waals surface area (Å²) in [6.07, 6.45) is 8.77. The first-order valence-electron chi connectivity index (χ1n) is 13.6. The predicted molar refractivity (Wildman–Crippen MR) is 158 cm³/mol. The number of quaternary nitrogens is 1. The lowest BCUT2D eigenvalue weighted by Gasteiger charge is -2.25. The molecule has 0 aromatic heterocycles. The molecule has 3 aliphatic rings. The Morgan fingerprint density at radius 1 is 0.925 bits per heavy atom. The minimum atomic E-state index is -4.22. The maximum atomic E-state index is 12.9. The summed E-state index contributed by atoms with van der Waals surface area (Å²) in [5.74, 6) is -0.131. The Kier molecular flexibility index (Phi) is 11.1. The zero-order valence-corrected chi connectivity index (χ0v) is 25.1. The van der Waals surface area contributed by atoms with Crippen LogP contribution in [0.1, 0.15) is 69.4 Å². The van der Waals surface area contributed by atoms with E-state index < -0.39 is 10.3 Å². The molecule has 1 atom stereocenters. The topological polar surface area (TPSA) is 118 Å². The Morgan fingerprint density at radius 3 is 2.17 bits per heavy atom. The van der Waals surface area contributed by atoms with Gasteiger partial charge in [0.25, 0.3) is 0 Å². The number of hydrazone groups is 1. The smallest absolute Gasteiger partial charge is 0.312 e. The molecule has 1 amide bonds. The van der Waals surface area contributed by atoms with Gasteiger partial charge in [-0.3, -0.25) is 9.80 Å². The molecule has 1 saturated heterocycles. The Labute approximate surface area is 250 Å². The van der Waals surface area contributed by atoms with E-state index in [0.29, 0.717) is 32.9 Å². The van der Waals surface area contributed by atoms with Crippen molar-refractivity contribution in [3.8, 4) is 0 Å². The van der Waals surface area contributed by atoms with Gasteiger partial charge in [0.1, 0.15) is 5.71 Å². The number of rotatable bonds is 6. The number of halogens is 3. The molecule has 2 fully saturated rings. The lowest BCUT2D eigenvalue weighted by Crippen LogP contribution is -3.20. The highest BCUT2D eigenvalue weighted by atomic mass is 35.5. The highest BCUT2D eigenvalue weighted by Gasteiger charge is 2.34. The van der Waals surface area contributed by atoms with Gasteiger partial charge in [-0.05, 0) is 68.0 Å². The van der Waals surface area contributed by atoms with Gasteiger partial charge in [-0.1, -0.05) is 66.2 Å². The van der Waals surface area contributed by atoms with Crippen molar-refractivity contribution in [1.82, 2.24) is 10.1 Å². The van der Waals surface area contributed by atoms with E-state index in [0.717, 1.165) is 68.6 Å². The van der Waals surface area contributed by atoms with Crippen molar-refractivity contribution in [1.29, 1.82) is 0 Å². The fourth-order valence-electron chi connectivity index (χ4n) is 5.24. The average Bonchev–Trinajstić information content (AvgIpc) is 3.35. The van der Waals surface area contributed by atoms with Gasteiger partial charge in [0, 0.05) is 22.5 Å². The van der Waals surface area contributed by atoms with E-state index in [4.69, 9.17) is 34.8 Å². The van der Waals surface area contributed by atoms with E-state index in [-0.39, 0.29) is 18.0 Å². The summed E-state index contributed by atoms with van der Waals surface area (Å²) in [5.41, 5.74) is 5.30. The van der Waals surface area contributed by atoms with E-state index in [1.165, 1.54) is 6.42 Å². The van der Waals surface area contributed by atoms with Crippen LogP contribution in [0.5, 0.6) is 0 Å². The summed E-state index contributed by atoms with van der Waals surface area (Å²) >= 11 is 18.6. The van der Waals surface area contributed by atoms with Crippen LogP contribution in [0, 0.1) is 0 Å². The maximum Gasteiger partial charge on any atom is 0.312 e. The van der Waals surface area contributed by atoms with Crippen LogP contribution in [-0.4, -0.2) is 43.7 Å². The van der Waals surface area contributed by atoms with Crippen molar-refractivity contribution < 1.29 is 22.8 Å². The molecule has 3 N–H and O–H groups in total. The van der Waals surface area contributed by atoms with Gasteiger partial charge in [-0.15, -0.1) is 0 Å². The molecule has 218 valence electrons. The van der Waals surface area contributed by atoms with E-state index in [1.807, 2.05) is 35.3 Å². The first-order chi connectivity index (χ1) is 19.1. The third-order valence-electron chi connectivity index (χ3n) is 7.25. The molecule has 1 saturated carbocycles. The summed E-state index contributed by atoms with van der Waals surface area (Å²) in [5, 5.41) is 9.28. The van der Waals surface area contributed by atoms with Gasteiger partial charge in [0.15, 0.2) is 10.3 Å². The zero-order valence-electron chi connectivity index (χ0n) is 22.0. The second kappa shape index (κ2) is 14.3. The second-order valence-corrected chi connectivity index (χ2v) is 12.7. The second-order valence-electron chi connectivity index (χ2n) is 10.3. The van der Waals surface area contributed by atoms with Crippen LogP contribution < -0.4 is 20.2 Å². The number of hydrogen-bond acceptors (Lipinski definition) is 6. The van der Waals surface area contributed by atoms with E-state index in [9.17, 15) is 17.8 Å². The minimum Gasteiger partial charge on any atom is -0.735 e. The van der Waals surface area contributed by atoms with Crippen molar-refractivity contribution in [2.24, 2.45) is 5.10 Å². The highest BCUT2D eigenvalue weighted by molar-refractivity contribution is 7.83. The molecule has 2 heterocycles. The van der Waals surface area contributed by atoms with E-state index in [2.05, 4.69) is 15.2 Å². The molecule has 9 nitrogen and oxygen atoms in total. The Morgan fingerprint density at radius 2 is 1.55 bits per heavy atom. The summed E-state index contributed by atoms with van der Waals surface area (Å²) in [6, 6.07) is 12.6. The van der Waals surface area contributed by atoms with Crippen LogP contribution in [0.4, 0.5) is 5.69 Å². The first-order valence-corrected chi connectivity index (χ1v) is 16.1. The molecule has 2 aromatic rings. The third-order valence-corrected chi connectivity index (χ3v) is 8.66. The summed E-state index contributed by atoms with van der Waals surface area (Å²) in [7, 11) is -4.22. The van der Waals surface area contributed by atoms with Crippen molar-refractivity contribution in [2.75, 3.05) is 18.1 Å². The van der Waals surface area contributed by atoms with E-state index in [1.54, 1.807) is 12.1 Å². The number of amides is 1. The number of anilines is 1. The summed E-state index contributed by atoms with van der Waals surface area (Å²) < 4.78 is 32.8. The maximum absolute atomic E-state index is 12.9. The van der Waals surface area contributed by atoms with Crippen LogP contribution in [0.25, 0.3) is 0 Å². The SMILES string of the molecule is O=C(N[NH+]1CCCCC1)C1=NN(c2ccc(Cl)cc2Cl)[C@H](c2ccc(Cl)cc2)C1.O=S(=O)([O-])NC1CCCCC1. The van der Waals surface area contributed by atoms with Gasteiger partial charge in [-0.25, -0.2) is 18.1 Å². The van der Waals surface area contributed by atoms with Crippen molar-refractivity contribution >= 4 is 62.4 Å². The molecule has 0 unspecified atom stereocenters. The fourth-order valence-corrected chi connectivity index (χ4v) is 6.51. The molecule has 2 aromatic carbocycles. The number of piperidine rings is 1. The first kappa shape index (κ1) is 31.0. The number of carbonyl (C=O) groups excluding carboxylic acids is 1. The van der Waals surface area contributed by atoms with Crippen LogP contribution in [0.2, 0.25) is 15.1 Å². The molecule has 1 aliphatic carbocycles. The zero-order chi connectivity index (χ0) is 28.7. The number of nitrogens with one attached hydrogen (secondary N) is 3. The van der Waals surface area contributed by atoms with Gasteiger partial charge in [0.2, 0.25) is 0 Å². The van der Waals surface area contributed by atoms with Gasteiger partial charge in [0.05, 0.1) is 29.8 Å². The molecular weight excluding hydrogens is 597 g/mol. The monoisotopic (exact) mass is 629 g/mol. The molecule has 13 heteroatoms. The Hall–Kier alpha value is -1.92. The molecule has 5 rings (SSSR count). The number of benzene rings is 2. The van der Waals surface area contributed by atoms with Crippen LogP contribution in [0.3, 0.4) is 0 Å². The number of hydrogen-bond donors (Lipinski definition) is 3. The van der Waals surface area contributed by atoms with Gasteiger partial charge >= 0.3 is 5.91 Å². The lowest BCUT2D eigenvalue weighted by atomic mass is 9.96. The third kappa shape index (κ3) is 9.04. The van der Waals surface area contributed by atoms with Gasteiger partial charge < -0.3 is 4.55 Å². The lowest BCUT2D eigenvalue weighted by molar-refractivity contribution is -0.940. The minimum absolute atomic E-state index is 0.105. The van der Waals surface area contributed by atoms with Crippen molar-refractivity contribution in [2.45, 2.75) is 69.9 Å². The predicted octanol–water partition coefficient (Wildman–Crippen LogP) is 4.42. The van der Waals surface area contributed by atoms with Gasteiger partial charge in [-0.2, -0.15) is 10.5 Å². The number of nitrogens with zero attached hydrogens (tertiary/aromatic N) is 2. The standard InChI is InChI=1S/C21H21Cl3N4O.C6H13NO3S/c22-15-6-4-14(5-7-15)20-13-18(21(29)26-27-10-2-1-3-11-27)25-28(20)19-9-8-16(23)12-17(19)24;8-11(9,10)7-6-4-2-1-3-5-6/h4-9,12,20H,1-3,10-11,13H2,(H,26,29);6-7H,1-5H2,(H,8,9,10)/t20-;/m0./s1. The largest absolute Gasteiger partial charge is 0.735 e. The van der Waals surface area contributed by atoms with Crippen LogP contribution in [0.15, 0.2) is 47.6 Å². The normalized spacial score (nSPS) is 20.4. The molecule has 2 aliphatic heterocycles.